The molecule has 0 radical (unpaired) electrons. The van der Waals surface area contributed by atoms with E-state index in [2.05, 4.69) is 20.2 Å². The van der Waals surface area contributed by atoms with Crippen molar-refractivity contribution in [1.29, 1.82) is 0 Å². The average molecular weight is 403 g/mol. The highest BCUT2D eigenvalue weighted by Crippen LogP contribution is 2.32. The van der Waals surface area contributed by atoms with Crippen molar-refractivity contribution in [2.45, 2.75) is 0 Å². The topological polar surface area (TPSA) is 90.7 Å². The number of hydrogen-bond donors (Lipinski definition) is 2. The first-order valence-corrected chi connectivity index (χ1v) is 9.15. The molecule has 142 valence electrons. The first-order chi connectivity index (χ1) is 14.1. The van der Waals surface area contributed by atoms with E-state index in [-0.39, 0.29) is 10.6 Å². The number of halogens is 1. The Kier molecular flexibility index (Phi) is 5.18. The van der Waals surface area contributed by atoms with Crippen LogP contribution in [0.25, 0.3) is 22.5 Å². The van der Waals surface area contributed by atoms with Crippen molar-refractivity contribution in [2.75, 3.05) is 0 Å². The Bertz CT molecular complexity index is 1130. The van der Waals surface area contributed by atoms with Crippen LogP contribution < -0.4 is 0 Å². The van der Waals surface area contributed by atoms with Crippen LogP contribution in [-0.2, 0) is 0 Å². The number of aromatic nitrogens is 2. The molecule has 2 N–H and O–H groups in total. The van der Waals surface area contributed by atoms with Crippen LogP contribution in [0, 0.1) is 0 Å². The van der Waals surface area contributed by atoms with Gasteiger partial charge in [-0.3, -0.25) is 0 Å². The van der Waals surface area contributed by atoms with Crippen molar-refractivity contribution in [2.24, 2.45) is 10.2 Å². The Morgan fingerprint density at radius 2 is 1.55 bits per heavy atom. The summed E-state index contributed by atoms with van der Waals surface area (Å²) in [7, 11) is 0. The summed E-state index contributed by atoms with van der Waals surface area (Å²) in [6.07, 6.45) is 0. The number of carboxylic acids is 1. The van der Waals surface area contributed by atoms with E-state index in [0.29, 0.717) is 11.6 Å². The van der Waals surface area contributed by atoms with Crippen molar-refractivity contribution in [3.63, 3.8) is 0 Å². The second-order valence-corrected chi connectivity index (χ2v) is 6.59. The number of hydrogen-bond acceptors (Lipinski definition) is 4. The number of nitrogens with zero attached hydrogens (tertiary/aromatic N) is 3. The fourth-order valence-corrected chi connectivity index (χ4v) is 3.07. The van der Waals surface area contributed by atoms with Crippen LogP contribution in [0.15, 0.2) is 89.1 Å². The van der Waals surface area contributed by atoms with Crippen LogP contribution in [0.4, 0.5) is 11.6 Å². The largest absolute Gasteiger partial charge is 0.478 e. The molecule has 29 heavy (non-hydrogen) atoms. The van der Waals surface area contributed by atoms with Gasteiger partial charge in [-0.05, 0) is 18.2 Å². The number of imidazole rings is 1. The molecule has 0 aliphatic carbocycles. The molecule has 0 fully saturated rings. The van der Waals surface area contributed by atoms with Gasteiger partial charge in [0.25, 0.3) is 0 Å². The molecule has 0 spiro atoms. The number of H-pyrrole nitrogens is 1. The van der Waals surface area contributed by atoms with Gasteiger partial charge in [-0.25, -0.2) is 9.78 Å². The van der Waals surface area contributed by atoms with Crippen LogP contribution in [0.5, 0.6) is 0 Å². The Hall–Kier alpha value is -3.77. The third-order valence-corrected chi connectivity index (χ3v) is 4.57. The van der Waals surface area contributed by atoms with Crippen molar-refractivity contribution >= 4 is 29.2 Å². The molecule has 0 aliphatic heterocycles. The number of nitrogens with one attached hydrogen (secondary N) is 1. The molecule has 6 nitrogen and oxygen atoms in total. The van der Waals surface area contributed by atoms with Gasteiger partial charge < -0.3 is 10.1 Å². The minimum absolute atomic E-state index is 0.0301. The van der Waals surface area contributed by atoms with Crippen LogP contribution >= 0.6 is 11.6 Å². The molecule has 3 aromatic carbocycles. The molecule has 0 unspecified atom stereocenters. The summed E-state index contributed by atoms with van der Waals surface area (Å²) >= 11 is 5.90. The van der Waals surface area contributed by atoms with E-state index in [1.54, 1.807) is 6.07 Å². The maximum atomic E-state index is 11.2. The second kappa shape index (κ2) is 8.08. The van der Waals surface area contributed by atoms with Gasteiger partial charge in [-0.2, -0.15) is 0 Å². The molecule has 1 aromatic heterocycles. The highest BCUT2D eigenvalue weighted by atomic mass is 35.5. The lowest BCUT2D eigenvalue weighted by atomic mass is 10.1. The van der Waals surface area contributed by atoms with E-state index in [1.165, 1.54) is 12.1 Å². The van der Waals surface area contributed by atoms with Gasteiger partial charge in [0.15, 0.2) is 0 Å². The highest BCUT2D eigenvalue weighted by molar-refractivity contribution is 6.33. The van der Waals surface area contributed by atoms with Crippen molar-refractivity contribution in [1.82, 2.24) is 9.97 Å². The van der Waals surface area contributed by atoms with Gasteiger partial charge in [0.2, 0.25) is 5.95 Å². The van der Waals surface area contributed by atoms with Crippen molar-refractivity contribution in [3.8, 4) is 22.5 Å². The summed E-state index contributed by atoms with van der Waals surface area (Å²) in [5.74, 6) is -0.808. The lowest BCUT2D eigenvalue weighted by Gasteiger charge is -2.02. The molecule has 0 atom stereocenters. The van der Waals surface area contributed by atoms with E-state index in [4.69, 9.17) is 11.6 Å². The van der Waals surface area contributed by atoms with Crippen LogP contribution in [0.3, 0.4) is 0 Å². The second-order valence-electron chi connectivity index (χ2n) is 6.19. The molecule has 0 bridgehead atoms. The Labute approximate surface area is 171 Å². The fourth-order valence-electron chi connectivity index (χ4n) is 2.87. The number of aromatic amines is 1. The Morgan fingerprint density at radius 3 is 2.21 bits per heavy atom. The standard InChI is InChI=1S/C22H15ClN4O2/c23-18-12-11-16(13-17(18)21(28)29)26-27-22-24-19(14-7-3-1-4-8-14)20(25-22)15-9-5-2-6-10-15/h1-13H,(H,24,25)(H,28,29). The maximum absolute atomic E-state index is 11.2. The third kappa shape index (κ3) is 4.07. The minimum Gasteiger partial charge on any atom is -0.478 e. The molecule has 0 amide bonds. The van der Waals surface area contributed by atoms with Crippen LogP contribution in [-0.4, -0.2) is 21.0 Å². The monoisotopic (exact) mass is 402 g/mol. The van der Waals surface area contributed by atoms with Gasteiger partial charge >= 0.3 is 5.97 Å². The summed E-state index contributed by atoms with van der Waals surface area (Å²) in [6, 6.07) is 24.0. The molecular formula is C22H15ClN4O2. The summed E-state index contributed by atoms with van der Waals surface area (Å²) in [5, 5.41) is 17.6. The molecule has 0 aliphatic rings. The van der Waals surface area contributed by atoms with Gasteiger partial charge in [-0.1, -0.05) is 72.3 Å². The number of aromatic carboxylic acids is 1. The lowest BCUT2D eigenvalue weighted by molar-refractivity contribution is 0.0697. The zero-order chi connectivity index (χ0) is 20.2. The third-order valence-electron chi connectivity index (χ3n) is 4.24. The summed E-state index contributed by atoms with van der Waals surface area (Å²) in [4.78, 5) is 19.0. The van der Waals surface area contributed by atoms with E-state index in [9.17, 15) is 9.90 Å². The molecule has 7 heteroatoms. The quantitative estimate of drug-likeness (QED) is 0.373. The number of azo groups is 1. The fraction of sp³-hybridized carbons (Fsp3) is 0. The van der Waals surface area contributed by atoms with E-state index < -0.39 is 5.97 Å². The Balaban J connectivity index is 1.74. The highest BCUT2D eigenvalue weighted by Gasteiger charge is 2.14. The van der Waals surface area contributed by atoms with E-state index >= 15 is 0 Å². The lowest BCUT2D eigenvalue weighted by Crippen LogP contribution is -1.96. The maximum Gasteiger partial charge on any atom is 0.337 e. The van der Waals surface area contributed by atoms with Gasteiger partial charge in [-0.15, -0.1) is 10.2 Å². The molecule has 1 heterocycles. The normalized spacial score (nSPS) is 11.1. The summed E-state index contributed by atoms with van der Waals surface area (Å²) in [5.41, 5.74) is 3.84. The van der Waals surface area contributed by atoms with Gasteiger partial charge in [0.1, 0.15) is 0 Å². The summed E-state index contributed by atoms with van der Waals surface area (Å²) < 4.78 is 0. The van der Waals surface area contributed by atoms with E-state index in [0.717, 1.165) is 22.5 Å². The first kappa shape index (κ1) is 18.6. The van der Waals surface area contributed by atoms with E-state index in [1.807, 2.05) is 60.7 Å². The van der Waals surface area contributed by atoms with Gasteiger partial charge in [0, 0.05) is 11.1 Å². The van der Waals surface area contributed by atoms with Crippen LogP contribution in [0.1, 0.15) is 10.4 Å². The van der Waals surface area contributed by atoms with Crippen LogP contribution in [0.2, 0.25) is 5.02 Å². The average Bonchev–Trinajstić information content (AvgIpc) is 3.18. The smallest absolute Gasteiger partial charge is 0.337 e. The zero-order valence-corrected chi connectivity index (χ0v) is 15.8. The first-order valence-electron chi connectivity index (χ1n) is 8.77. The molecule has 4 rings (SSSR count). The predicted octanol–water partition coefficient (Wildman–Crippen LogP) is 6.51. The number of carbonyl (C=O) groups is 1. The van der Waals surface area contributed by atoms with Crippen molar-refractivity contribution < 1.29 is 9.90 Å². The van der Waals surface area contributed by atoms with Crippen molar-refractivity contribution in [3.05, 3.63) is 89.4 Å². The molecular weight excluding hydrogens is 388 g/mol. The predicted molar refractivity (Wildman–Crippen MR) is 112 cm³/mol. The number of rotatable bonds is 5. The SMILES string of the molecule is O=C(O)c1cc(N=Nc2nc(-c3ccccc3)c(-c3ccccc3)[nH]2)ccc1Cl. The number of carboxylic acid groups (broad SMARTS) is 1. The Morgan fingerprint density at radius 1 is 0.897 bits per heavy atom. The number of benzene rings is 3. The minimum atomic E-state index is -1.12. The van der Waals surface area contributed by atoms with Gasteiger partial charge in [0.05, 0.1) is 27.7 Å². The summed E-state index contributed by atoms with van der Waals surface area (Å²) in [6.45, 7) is 0. The molecule has 4 aromatic rings. The molecule has 0 saturated heterocycles. The zero-order valence-electron chi connectivity index (χ0n) is 15.1. The molecule has 0 saturated carbocycles.